The van der Waals surface area contributed by atoms with E-state index in [-0.39, 0.29) is 18.6 Å². The number of hydrogen-bond donors (Lipinski definition) is 1. The van der Waals surface area contributed by atoms with Gasteiger partial charge in [-0.25, -0.2) is 0 Å². The number of aryl methyl sites for hydroxylation is 1. The number of aromatic amines is 1. The molecular formula is C4H5N2V-. The molecule has 0 saturated heterocycles. The summed E-state index contributed by atoms with van der Waals surface area (Å²) in [6.07, 6.45) is 4.28. The first kappa shape index (κ1) is 6.79. The zero-order valence-corrected chi connectivity index (χ0v) is 5.37. The van der Waals surface area contributed by atoms with Crippen LogP contribution in [0.5, 0.6) is 0 Å². The van der Waals surface area contributed by atoms with E-state index in [0.29, 0.717) is 0 Å². The summed E-state index contributed by atoms with van der Waals surface area (Å²) in [6, 6.07) is 0. The molecule has 1 radical (unpaired) electrons. The summed E-state index contributed by atoms with van der Waals surface area (Å²) in [5, 5.41) is 0. The van der Waals surface area contributed by atoms with E-state index in [1.165, 1.54) is 0 Å². The van der Waals surface area contributed by atoms with Gasteiger partial charge in [0.25, 0.3) is 0 Å². The number of imidazole rings is 1. The molecule has 2 nitrogen and oxygen atoms in total. The second-order valence-corrected chi connectivity index (χ2v) is 1.18. The van der Waals surface area contributed by atoms with Gasteiger partial charge in [0.05, 0.1) is 0 Å². The van der Waals surface area contributed by atoms with Gasteiger partial charge in [0, 0.05) is 18.6 Å². The largest absolute Gasteiger partial charge is 0.465 e. The fourth-order valence-electron chi connectivity index (χ4n) is 0.282. The summed E-state index contributed by atoms with van der Waals surface area (Å²) in [5.74, 6) is 0. The summed E-state index contributed by atoms with van der Waals surface area (Å²) in [5.41, 5.74) is 1.05. The molecule has 0 aromatic carbocycles. The summed E-state index contributed by atoms with van der Waals surface area (Å²) < 4.78 is 0. The molecule has 7 heavy (non-hydrogen) atoms. The Balaban J connectivity index is 0.000000360. The zero-order chi connectivity index (χ0) is 4.41. The molecule has 0 aliphatic rings. The SMILES string of the molecule is Cc1cn[c-][nH]1.[V]. The van der Waals surface area contributed by atoms with E-state index in [0.717, 1.165) is 5.69 Å². The van der Waals surface area contributed by atoms with E-state index in [1.807, 2.05) is 6.92 Å². The first-order chi connectivity index (χ1) is 2.89. The second-order valence-electron chi connectivity index (χ2n) is 1.18. The van der Waals surface area contributed by atoms with Gasteiger partial charge < -0.3 is 9.97 Å². The quantitative estimate of drug-likeness (QED) is 0.512. The van der Waals surface area contributed by atoms with Crippen LogP contribution in [-0.2, 0) is 18.6 Å². The molecule has 0 saturated carbocycles. The van der Waals surface area contributed by atoms with E-state index in [1.54, 1.807) is 6.20 Å². The topological polar surface area (TPSA) is 28.7 Å². The van der Waals surface area contributed by atoms with Gasteiger partial charge in [-0.15, -0.1) is 11.9 Å². The average molecular weight is 132 g/mol. The van der Waals surface area contributed by atoms with Crippen LogP contribution in [0, 0.1) is 13.3 Å². The van der Waals surface area contributed by atoms with E-state index < -0.39 is 0 Å². The Labute approximate surface area is 54.2 Å². The van der Waals surface area contributed by atoms with Crippen LogP contribution in [0.15, 0.2) is 6.20 Å². The maximum atomic E-state index is 3.64. The van der Waals surface area contributed by atoms with Crippen molar-refractivity contribution in [2.75, 3.05) is 0 Å². The molecule has 1 rings (SSSR count). The van der Waals surface area contributed by atoms with Gasteiger partial charge in [0.15, 0.2) is 0 Å². The van der Waals surface area contributed by atoms with Gasteiger partial charge in [-0.2, -0.15) is 0 Å². The Morgan fingerprint density at radius 3 is 2.71 bits per heavy atom. The van der Waals surface area contributed by atoms with Crippen LogP contribution in [0.1, 0.15) is 5.69 Å². The second kappa shape index (κ2) is 2.89. The van der Waals surface area contributed by atoms with Crippen molar-refractivity contribution in [3.05, 3.63) is 18.2 Å². The molecule has 0 bridgehead atoms. The molecule has 3 heteroatoms. The molecule has 0 aliphatic carbocycles. The van der Waals surface area contributed by atoms with Gasteiger partial charge in [-0.1, -0.05) is 6.92 Å². The predicted molar refractivity (Wildman–Crippen MR) is 22.2 cm³/mol. The van der Waals surface area contributed by atoms with Crippen LogP contribution in [0.2, 0.25) is 0 Å². The van der Waals surface area contributed by atoms with Crippen molar-refractivity contribution in [1.29, 1.82) is 0 Å². The Kier molecular flexibility index (Phi) is 2.80. The summed E-state index contributed by atoms with van der Waals surface area (Å²) in [4.78, 5) is 6.41. The minimum atomic E-state index is 0. The third-order valence-electron chi connectivity index (χ3n) is 0.576. The van der Waals surface area contributed by atoms with Gasteiger partial charge in [0.1, 0.15) is 0 Å². The van der Waals surface area contributed by atoms with E-state index in [2.05, 4.69) is 16.3 Å². The summed E-state index contributed by atoms with van der Waals surface area (Å²) >= 11 is 0. The van der Waals surface area contributed by atoms with Gasteiger partial charge in [-0.3, -0.25) is 0 Å². The van der Waals surface area contributed by atoms with E-state index in [9.17, 15) is 0 Å². The van der Waals surface area contributed by atoms with Crippen molar-refractivity contribution in [2.24, 2.45) is 0 Å². The van der Waals surface area contributed by atoms with Crippen LogP contribution >= 0.6 is 0 Å². The third kappa shape index (κ3) is 1.81. The predicted octanol–water partition coefficient (Wildman–Crippen LogP) is 0.516. The van der Waals surface area contributed by atoms with Crippen molar-refractivity contribution >= 4 is 0 Å². The maximum Gasteiger partial charge on any atom is 0 e. The number of rotatable bonds is 0. The Hall–Kier alpha value is -0.206. The average Bonchev–Trinajstić information content (AvgIpc) is 1.86. The fourth-order valence-corrected chi connectivity index (χ4v) is 0.282. The Morgan fingerprint density at radius 2 is 2.57 bits per heavy atom. The molecule has 0 amide bonds. The van der Waals surface area contributed by atoms with Crippen molar-refractivity contribution in [1.82, 2.24) is 9.97 Å². The first-order valence-corrected chi connectivity index (χ1v) is 1.77. The smallest absolute Gasteiger partial charge is 0 e. The molecule has 0 atom stereocenters. The number of hydrogen-bond acceptors (Lipinski definition) is 1. The van der Waals surface area contributed by atoms with Crippen LogP contribution < -0.4 is 0 Å². The van der Waals surface area contributed by atoms with E-state index in [4.69, 9.17) is 0 Å². The first-order valence-electron chi connectivity index (χ1n) is 1.77. The Bertz CT molecular complexity index is 113. The monoisotopic (exact) mass is 132 g/mol. The van der Waals surface area contributed by atoms with Crippen LogP contribution in [-0.4, -0.2) is 9.97 Å². The fraction of sp³-hybridized carbons (Fsp3) is 0.250. The minimum Gasteiger partial charge on any atom is -0.465 e. The van der Waals surface area contributed by atoms with Gasteiger partial charge in [0.2, 0.25) is 0 Å². The maximum absolute atomic E-state index is 3.64. The van der Waals surface area contributed by atoms with Crippen molar-refractivity contribution < 1.29 is 18.6 Å². The number of H-pyrrole nitrogens is 1. The molecule has 1 aromatic heterocycles. The minimum absolute atomic E-state index is 0. The van der Waals surface area contributed by atoms with Gasteiger partial charge in [-0.05, 0) is 6.33 Å². The molecule has 37 valence electrons. The molecule has 0 spiro atoms. The summed E-state index contributed by atoms with van der Waals surface area (Å²) in [6.45, 7) is 1.93. The van der Waals surface area contributed by atoms with Crippen molar-refractivity contribution in [3.63, 3.8) is 0 Å². The van der Waals surface area contributed by atoms with E-state index >= 15 is 0 Å². The molecule has 0 unspecified atom stereocenters. The van der Waals surface area contributed by atoms with Crippen molar-refractivity contribution in [2.45, 2.75) is 6.92 Å². The summed E-state index contributed by atoms with van der Waals surface area (Å²) in [7, 11) is 0. The molecular weight excluding hydrogens is 127 g/mol. The number of nitrogens with one attached hydrogen (secondary N) is 1. The zero-order valence-electron chi connectivity index (χ0n) is 3.97. The molecule has 1 aromatic rings. The third-order valence-corrected chi connectivity index (χ3v) is 0.576. The molecule has 1 heterocycles. The number of nitrogens with zero attached hydrogens (tertiary/aromatic N) is 1. The van der Waals surface area contributed by atoms with Gasteiger partial charge >= 0.3 is 0 Å². The standard InChI is InChI=1S/C4H5N2.V/c1-4-2-5-3-6-4;/h2H,1H3,(H,5,6);/q-1;. The molecule has 0 aliphatic heterocycles. The van der Waals surface area contributed by atoms with Crippen LogP contribution in [0.4, 0.5) is 0 Å². The normalized spacial score (nSPS) is 7.57. The molecule has 0 fully saturated rings. The van der Waals surface area contributed by atoms with Crippen LogP contribution in [0.3, 0.4) is 0 Å². The van der Waals surface area contributed by atoms with Crippen LogP contribution in [0.25, 0.3) is 0 Å². The number of aromatic nitrogens is 2. The molecule has 1 N–H and O–H groups in total. The Morgan fingerprint density at radius 1 is 1.86 bits per heavy atom. The van der Waals surface area contributed by atoms with Crippen molar-refractivity contribution in [3.8, 4) is 0 Å².